The molecule has 0 aromatic rings. The maximum absolute atomic E-state index is 4.14. The van der Waals surface area contributed by atoms with Crippen molar-refractivity contribution in [2.24, 2.45) is 5.92 Å². The third-order valence-corrected chi connectivity index (χ3v) is 4.36. The van der Waals surface area contributed by atoms with Crippen LogP contribution in [0.3, 0.4) is 0 Å². The van der Waals surface area contributed by atoms with E-state index in [0.29, 0.717) is 11.4 Å². The summed E-state index contributed by atoms with van der Waals surface area (Å²) in [6, 6.07) is 0. The van der Waals surface area contributed by atoms with E-state index in [9.17, 15) is 0 Å². The minimum atomic E-state index is 0.488. The van der Waals surface area contributed by atoms with Gasteiger partial charge in [-0.2, -0.15) is 0 Å². The first-order valence-corrected chi connectivity index (χ1v) is 6.14. The average molecular weight is 253 g/mol. The number of hydrogen-bond acceptors (Lipinski definition) is 0. The normalized spacial score (nSPS) is 27.5. The van der Waals surface area contributed by atoms with Crippen LogP contribution in [0, 0.1) is 5.92 Å². The Balaban J connectivity index is 2.60. The molecule has 1 aliphatic heterocycles. The van der Waals surface area contributed by atoms with Crippen LogP contribution in [0.4, 0.5) is 0 Å². The maximum Gasteiger partial charge on any atom is 0.165 e. The van der Waals surface area contributed by atoms with E-state index in [1.54, 1.807) is 0 Å². The van der Waals surface area contributed by atoms with Crippen molar-refractivity contribution in [1.29, 1.82) is 0 Å². The second-order valence-electron chi connectivity index (χ2n) is 4.17. The van der Waals surface area contributed by atoms with Gasteiger partial charge in [-0.15, -0.1) is 13.2 Å². The summed E-state index contributed by atoms with van der Waals surface area (Å²) in [6.07, 6.45) is 8.66. The summed E-state index contributed by atoms with van der Waals surface area (Å²) in [4.78, 5) is 0. The molecule has 1 rings (SSSR count). The van der Waals surface area contributed by atoms with Gasteiger partial charge in [-0.3, -0.25) is 0 Å². The van der Waals surface area contributed by atoms with Gasteiger partial charge in [-0.1, -0.05) is 52.9 Å². The summed E-state index contributed by atoms with van der Waals surface area (Å²) in [5.74, 6) is 0.749. The molecule has 0 radical (unpaired) electrons. The first-order valence-electron chi connectivity index (χ1n) is 5.22. The van der Waals surface area contributed by atoms with E-state index < -0.39 is 0 Å². The minimum Gasteiger partial charge on any atom is -0.104 e. The van der Waals surface area contributed by atoms with Gasteiger partial charge in [0.2, 0.25) is 0 Å². The number of allylic oxidation sites excluding steroid dienone is 3. The average Bonchev–Trinajstić information content (AvgIpc) is 2.14. The highest BCUT2D eigenvalue weighted by Gasteiger charge is 2.32. The van der Waals surface area contributed by atoms with Crippen molar-refractivity contribution in [2.45, 2.75) is 30.2 Å². The molecule has 0 amide bonds. The Morgan fingerprint density at radius 2 is 2.14 bits per heavy atom. The molecule has 14 heavy (non-hydrogen) atoms. The number of alkyl halides is 1. The van der Waals surface area contributed by atoms with Crippen molar-refractivity contribution in [1.82, 2.24) is 0 Å². The molecule has 2 atom stereocenters. The fourth-order valence-electron chi connectivity index (χ4n) is 2.29. The van der Waals surface area contributed by atoms with Crippen LogP contribution in [0.2, 0.25) is 12.6 Å². The molecule has 0 N–H and O–H groups in total. The smallest absolute Gasteiger partial charge is 0.104 e. The van der Waals surface area contributed by atoms with Crippen LogP contribution >= 0.6 is 15.9 Å². The highest BCUT2D eigenvalue weighted by molar-refractivity contribution is 9.10. The Morgan fingerprint density at radius 3 is 2.71 bits per heavy atom. The second kappa shape index (κ2) is 5.60. The van der Waals surface area contributed by atoms with Gasteiger partial charge >= 0.3 is 0 Å². The van der Waals surface area contributed by atoms with Gasteiger partial charge in [0.15, 0.2) is 6.71 Å². The second-order valence-corrected chi connectivity index (χ2v) is 5.16. The maximum atomic E-state index is 4.14. The SMILES string of the molecule is C=CCB1CC(CC=C)CC(=C)C1Br. The highest BCUT2D eigenvalue weighted by atomic mass is 79.9. The monoisotopic (exact) mass is 252 g/mol. The molecule has 0 aliphatic carbocycles. The highest BCUT2D eigenvalue weighted by Crippen LogP contribution is 2.35. The van der Waals surface area contributed by atoms with E-state index in [0.717, 1.165) is 25.1 Å². The largest absolute Gasteiger partial charge is 0.165 e. The lowest BCUT2D eigenvalue weighted by molar-refractivity contribution is 0.563. The molecule has 1 fully saturated rings. The Kier molecular flexibility index (Phi) is 4.73. The van der Waals surface area contributed by atoms with Crippen LogP contribution in [0.25, 0.3) is 0 Å². The van der Waals surface area contributed by atoms with Crippen molar-refractivity contribution in [3.63, 3.8) is 0 Å². The predicted octanol–water partition coefficient (Wildman–Crippen LogP) is 4.12. The Morgan fingerprint density at radius 1 is 1.43 bits per heavy atom. The van der Waals surface area contributed by atoms with Crippen LogP contribution < -0.4 is 0 Å². The van der Waals surface area contributed by atoms with Crippen LogP contribution in [-0.4, -0.2) is 11.4 Å². The van der Waals surface area contributed by atoms with E-state index >= 15 is 0 Å². The molecule has 0 nitrogen and oxygen atoms in total. The van der Waals surface area contributed by atoms with Gasteiger partial charge in [0.1, 0.15) is 0 Å². The van der Waals surface area contributed by atoms with Crippen molar-refractivity contribution < 1.29 is 0 Å². The Bertz CT molecular complexity index is 234. The zero-order valence-corrected chi connectivity index (χ0v) is 10.3. The summed E-state index contributed by atoms with van der Waals surface area (Å²) in [6.45, 7) is 12.4. The number of halogens is 1. The molecular formula is C12H18BBr. The molecule has 1 saturated heterocycles. The number of hydrogen-bond donors (Lipinski definition) is 0. The Labute approximate surface area is 96.4 Å². The lowest BCUT2D eigenvalue weighted by Gasteiger charge is -2.32. The lowest BCUT2D eigenvalue weighted by Crippen LogP contribution is -2.34. The van der Waals surface area contributed by atoms with Crippen molar-refractivity contribution in [2.75, 3.05) is 0 Å². The van der Waals surface area contributed by atoms with Crippen molar-refractivity contribution >= 4 is 22.6 Å². The standard InChI is InChI=1S/C12H18BBr/c1-4-6-11-8-10(3)12(14)13(9-11)7-5-2/h4-5,11-12H,1-3,6-9H2. The fourth-order valence-corrected chi connectivity index (χ4v) is 2.91. The van der Waals surface area contributed by atoms with E-state index in [4.69, 9.17) is 0 Å². The molecule has 2 heteroatoms. The molecule has 0 saturated carbocycles. The first kappa shape index (κ1) is 11.8. The van der Waals surface area contributed by atoms with Gasteiger partial charge in [0.25, 0.3) is 0 Å². The summed E-state index contributed by atoms with van der Waals surface area (Å²) in [5, 5.41) is 0. The molecule has 0 aromatic carbocycles. The molecule has 0 bridgehead atoms. The third kappa shape index (κ3) is 2.88. The van der Waals surface area contributed by atoms with Crippen LogP contribution in [0.5, 0.6) is 0 Å². The minimum absolute atomic E-state index is 0.488. The van der Waals surface area contributed by atoms with Gasteiger partial charge in [-0.05, 0) is 18.8 Å². The molecule has 0 aromatic heterocycles. The number of rotatable bonds is 4. The van der Waals surface area contributed by atoms with E-state index in [-0.39, 0.29) is 0 Å². The van der Waals surface area contributed by atoms with E-state index in [1.807, 2.05) is 12.2 Å². The molecule has 1 heterocycles. The van der Waals surface area contributed by atoms with Crippen LogP contribution in [0.1, 0.15) is 12.8 Å². The summed E-state index contributed by atoms with van der Waals surface area (Å²) in [5.41, 5.74) is 1.34. The van der Waals surface area contributed by atoms with Crippen LogP contribution in [0.15, 0.2) is 37.5 Å². The molecule has 0 spiro atoms. The van der Waals surface area contributed by atoms with Gasteiger partial charge < -0.3 is 0 Å². The predicted molar refractivity (Wildman–Crippen MR) is 70.3 cm³/mol. The lowest BCUT2D eigenvalue weighted by atomic mass is 9.37. The topological polar surface area (TPSA) is 0 Å². The third-order valence-electron chi connectivity index (χ3n) is 2.96. The fraction of sp³-hybridized carbons (Fsp3) is 0.500. The van der Waals surface area contributed by atoms with Crippen LogP contribution in [-0.2, 0) is 0 Å². The summed E-state index contributed by atoms with van der Waals surface area (Å²) < 4.78 is 0.488. The van der Waals surface area contributed by atoms with E-state index in [1.165, 1.54) is 11.9 Å². The van der Waals surface area contributed by atoms with Gasteiger partial charge in [-0.25, -0.2) is 0 Å². The molecular weight excluding hydrogens is 235 g/mol. The molecule has 1 aliphatic rings. The van der Waals surface area contributed by atoms with Gasteiger partial charge in [0, 0.05) is 4.73 Å². The summed E-state index contributed by atoms with van der Waals surface area (Å²) >= 11 is 3.73. The molecule has 2 unspecified atom stereocenters. The summed E-state index contributed by atoms with van der Waals surface area (Å²) in [7, 11) is 0. The van der Waals surface area contributed by atoms with Crippen molar-refractivity contribution in [3.05, 3.63) is 37.5 Å². The van der Waals surface area contributed by atoms with Crippen molar-refractivity contribution in [3.8, 4) is 0 Å². The first-order chi connectivity index (χ1) is 6.69. The zero-order chi connectivity index (χ0) is 10.6. The van der Waals surface area contributed by atoms with Gasteiger partial charge in [0.05, 0.1) is 0 Å². The zero-order valence-electron chi connectivity index (χ0n) is 8.71. The quantitative estimate of drug-likeness (QED) is 0.401. The Hall–Kier alpha value is -0.235. The van der Waals surface area contributed by atoms with E-state index in [2.05, 4.69) is 35.7 Å². The molecule has 76 valence electrons.